The predicted octanol–water partition coefficient (Wildman–Crippen LogP) is 1.47. The van der Waals surface area contributed by atoms with Gasteiger partial charge in [-0.2, -0.15) is 0 Å². The van der Waals surface area contributed by atoms with E-state index in [0.29, 0.717) is 18.7 Å². The number of rotatable bonds is 4. The SMILES string of the molecule is Cc1ccc(C(=O)NCC(=O)N2CCN(c3ccccn3)CC2)cc1. The lowest BCUT2D eigenvalue weighted by Crippen LogP contribution is -2.51. The summed E-state index contributed by atoms with van der Waals surface area (Å²) in [6.45, 7) is 4.75. The summed E-state index contributed by atoms with van der Waals surface area (Å²) in [6, 6.07) is 13.1. The van der Waals surface area contributed by atoms with Gasteiger partial charge < -0.3 is 15.1 Å². The van der Waals surface area contributed by atoms with E-state index in [9.17, 15) is 9.59 Å². The van der Waals surface area contributed by atoms with Crippen molar-refractivity contribution in [2.45, 2.75) is 6.92 Å². The maximum atomic E-state index is 12.3. The van der Waals surface area contributed by atoms with Crippen LogP contribution in [0.5, 0.6) is 0 Å². The van der Waals surface area contributed by atoms with Crippen LogP contribution in [0.4, 0.5) is 5.82 Å². The molecule has 0 bridgehead atoms. The van der Waals surface area contributed by atoms with Crippen molar-refractivity contribution >= 4 is 17.6 Å². The lowest BCUT2D eigenvalue weighted by Gasteiger charge is -2.35. The number of carbonyl (C=O) groups is 2. The van der Waals surface area contributed by atoms with Crippen LogP contribution in [0.3, 0.4) is 0 Å². The van der Waals surface area contributed by atoms with E-state index < -0.39 is 0 Å². The molecular formula is C19H22N4O2. The Morgan fingerprint density at radius 3 is 2.40 bits per heavy atom. The zero-order valence-electron chi connectivity index (χ0n) is 14.3. The average Bonchev–Trinajstić information content (AvgIpc) is 2.67. The number of piperazine rings is 1. The maximum Gasteiger partial charge on any atom is 0.251 e. The van der Waals surface area contributed by atoms with Crippen molar-refractivity contribution in [1.82, 2.24) is 15.2 Å². The number of hydrogen-bond acceptors (Lipinski definition) is 4. The molecule has 0 atom stereocenters. The first-order valence-electron chi connectivity index (χ1n) is 8.42. The summed E-state index contributed by atoms with van der Waals surface area (Å²) in [5.74, 6) is 0.656. The Morgan fingerprint density at radius 1 is 1.04 bits per heavy atom. The summed E-state index contributed by atoms with van der Waals surface area (Å²) in [5, 5.41) is 2.70. The van der Waals surface area contributed by atoms with E-state index in [-0.39, 0.29) is 18.4 Å². The van der Waals surface area contributed by atoms with E-state index in [0.717, 1.165) is 24.5 Å². The van der Waals surface area contributed by atoms with Gasteiger partial charge in [-0.3, -0.25) is 9.59 Å². The summed E-state index contributed by atoms with van der Waals surface area (Å²) in [7, 11) is 0. The normalized spacial score (nSPS) is 14.3. The van der Waals surface area contributed by atoms with Gasteiger partial charge in [0.15, 0.2) is 0 Å². The lowest BCUT2D eigenvalue weighted by molar-refractivity contribution is -0.130. The van der Waals surface area contributed by atoms with Gasteiger partial charge in [-0.1, -0.05) is 23.8 Å². The number of hydrogen-bond donors (Lipinski definition) is 1. The number of amides is 2. The molecule has 2 heterocycles. The lowest BCUT2D eigenvalue weighted by atomic mass is 10.1. The largest absolute Gasteiger partial charge is 0.353 e. The number of nitrogens with zero attached hydrogens (tertiary/aromatic N) is 3. The van der Waals surface area contributed by atoms with E-state index in [1.54, 1.807) is 23.2 Å². The highest BCUT2D eigenvalue weighted by Gasteiger charge is 2.22. The number of aryl methyl sites for hydroxylation is 1. The highest BCUT2D eigenvalue weighted by atomic mass is 16.2. The Labute approximate surface area is 147 Å². The molecule has 1 saturated heterocycles. The van der Waals surface area contributed by atoms with Crippen molar-refractivity contribution in [2.75, 3.05) is 37.6 Å². The van der Waals surface area contributed by atoms with Crippen molar-refractivity contribution in [1.29, 1.82) is 0 Å². The van der Waals surface area contributed by atoms with Crippen LogP contribution in [-0.2, 0) is 4.79 Å². The molecule has 6 heteroatoms. The van der Waals surface area contributed by atoms with Crippen LogP contribution in [0.25, 0.3) is 0 Å². The molecule has 0 unspecified atom stereocenters. The van der Waals surface area contributed by atoms with Crippen LogP contribution in [0, 0.1) is 6.92 Å². The Morgan fingerprint density at radius 2 is 1.76 bits per heavy atom. The van der Waals surface area contributed by atoms with Gasteiger partial charge in [0.2, 0.25) is 5.91 Å². The number of aromatic nitrogens is 1. The Balaban J connectivity index is 1.46. The van der Waals surface area contributed by atoms with Gasteiger partial charge in [0.1, 0.15) is 5.82 Å². The molecule has 1 aliphatic rings. The second-order valence-electron chi connectivity index (χ2n) is 6.10. The van der Waals surface area contributed by atoms with Gasteiger partial charge in [0, 0.05) is 37.9 Å². The number of pyridine rings is 1. The summed E-state index contributed by atoms with van der Waals surface area (Å²) in [5.41, 5.74) is 1.66. The topological polar surface area (TPSA) is 65.5 Å². The standard InChI is InChI=1S/C19H22N4O2/c1-15-5-7-16(8-6-15)19(25)21-14-18(24)23-12-10-22(11-13-23)17-4-2-3-9-20-17/h2-9H,10-14H2,1H3,(H,21,25). The van der Waals surface area contributed by atoms with Crippen LogP contribution in [-0.4, -0.2) is 54.4 Å². The van der Waals surface area contributed by atoms with Gasteiger partial charge in [0.25, 0.3) is 5.91 Å². The molecule has 1 aliphatic heterocycles. The Bertz CT molecular complexity index is 723. The monoisotopic (exact) mass is 338 g/mol. The molecule has 25 heavy (non-hydrogen) atoms. The van der Waals surface area contributed by atoms with Crippen LogP contribution >= 0.6 is 0 Å². The number of nitrogens with one attached hydrogen (secondary N) is 1. The molecule has 3 rings (SSSR count). The first-order chi connectivity index (χ1) is 12.1. The third kappa shape index (κ3) is 4.35. The maximum absolute atomic E-state index is 12.3. The molecule has 2 aromatic rings. The van der Waals surface area contributed by atoms with Crippen molar-refractivity contribution in [2.24, 2.45) is 0 Å². The van der Waals surface area contributed by atoms with Gasteiger partial charge in [-0.15, -0.1) is 0 Å². The first kappa shape index (κ1) is 17.0. The Hall–Kier alpha value is -2.89. The summed E-state index contributed by atoms with van der Waals surface area (Å²) < 4.78 is 0. The molecule has 2 amide bonds. The zero-order chi connectivity index (χ0) is 17.6. The molecule has 6 nitrogen and oxygen atoms in total. The fourth-order valence-electron chi connectivity index (χ4n) is 2.80. The van der Waals surface area contributed by atoms with Crippen LogP contribution < -0.4 is 10.2 Å². The minimum absolute atomic E-state index is 0.0241. The smallest absolute Gasteiger partial charge is 0.251 e. The fourth-order valence-corrected chi connectivity index (χ4v) is 2.80. The molecule has 0 aliphatic carbocycles. The van der Waals surface area contributed by atoms with Crippen molar-refractivity contribution in [3.05, 3.63) is 59.8 Å². The van der Waals surface area contributed by atoms with E-state index in [4.69, 9.17) is 0 Å². The van der Waals surface area contributed by atoms with Crippen LogP contribution in [0.2, 0.25) is 0 Å². The molecule has 0 spiro atoms. The zero-order valence-corrected chi connectivity index (χ0v) is 14.3. The molecule has 1 aromatic carbocycles. The van der Waals surface area contributed by atoms with Gasteiger partial charge in [0.05, 0.1) is 6.54 Å². The van der Waals surface area contributed by atoms with Crippen LogP contribution in [0.1, 0.15) is 15.9 Å². The van der Waals surface area contributed by atoms with Gasteiger partial charge in [-0.25, -0.2) is 4.98 Å². The summed E-state index contributed by atoms with van der Waals surface area (Å²) in [6.07, 6.45) is 1.77. The molecule has 0 saturated carbocycles. The second kappa shape index (κ2) is 7.79. The molecule has 1 N–H and O–H groups in total. The predicted molar refractivity (Wildman–Crippen MR) is 96.5 cm³/mol. The van der Waals surface area contributed by atoms with E-state index >= 15 is 0 Å². The molecule has 0 radical (unpaired) electrons. The van der Waals surface area contributed by atoms with Gasteiger partial charge in [-0.05, 0) is 31.2 Å². The number of carbonyl (C=O) groups excluding carboxylic acids is 2. The van der Waals surface area contributed by atoms with Crippen molar-refractivity contribution in [3.63, 3.8) is 0 Å². The summed E-state index contributed by atoms with van der Waals surface area (Å²) >= 11 is 0. The number of benzene rings is 1. The van der Waals surface area contributed by atoms with Crippen LogP contribution in [0.15, 0.2) is 48.7 Å². The highest BCUT2D eigenvalue weighted by molar-refractivity contribution is 5.96. The molecule has 1 aromatic heterocycles. The molecular weight excluding hydrogens is 316 g/mol. The van der Waals surface area contributed by atoms with Crippen molar-refractivity contribution in [3.8, 4) is 0 Å². The second-order valence-corrected chi connectivity index (χ2v) is 6.10. The van der Waals surface area contributed by atoms with E-state index in [2.05, 4.69) is 15.2 Å². The number of anilines is 1. The van der Waals surface area contributed by atoms with E-state index in [1.165, 1.54) is 0 Å². The minimum Gasteiger partial charge on any atom is -0.353 e. The molecule has 130 valence electrons. The fraction of sp³-hybridized carbons (Fsp3) is 0.316. The highest BCUT2D eigenvalue weighted by Crippen LogP contribution is 2.12. The van der Waals surface area contributed by atoms with Gasteiger partial charge >= 0.3 is 0 Å². The average molecular weight is 338 g/mol. The first-order valence-corrected chi connectivity index (χ1v) is 8.42. The minimum atomic E-state index is -0.222. The Kier molecular flexibility index (Phi) is 5.28. The third-order valence-electron chi connectivity index (χ3n) is 4.32. The van der Waals surface area contributed by atoms with Crippen molar-refractivity contribution < 1.29 is 9.59 Å². The summed E-state index contributed by atoms with van der Waals surface area (Å²) in [4.78, 5) is 32.7. The van der Waals surface area contributed by atoms with E-state index in [1.807, 2.05) is 37.3 Å². The third-order valence-corrected chi connectivity index (χ3v) is 4.32. The quantitative estimate of drug-likeness (QED) is 0.917. The molecule has 1 fully saturated rings.